The van der Waals surface area contributed by atoms with Crippen LogP contribution >= 0.6 is 0 Å². The van der Waals surface area contributed by atoms with Gasteiger partial charge in [-0.2, -0.15) is 0 Å². The molecule has 0 aromatic rings. The predicted molar refractivity (Wildman–Crippen MR) is 132 cm³/mol. The van der Waals surface area contributed by atoms with E-state index in [0.29, 0.717) is 22.8 Å². The maximum absolute atomic E-state index is 13.1. The molecule has 0 amide bonds. The molecule has 7 rings (SSSR count). The lowest BCUT2D eigenvalue weighted by molar-refractivity contribution is -0.186. The maximum atomic E-state index is 13.1. The number of carbonyl (C=O) groups is 1. The second-order valence-corrected chi connectivity index (χ2v) is 14.9. The van der Waals surface area contributed by atoms with E-state index in [-0.39, 0.29) is 11.9 Å². The molecule has 1 spiro atoms. The highest BCUT2D eigenvalue weighted by Gasteiger charge is 2.80. The van der Waals surface area contributed by atoms with Crippen LogP contribution in [0.5, 0.6) is 0 Å². The molecule has 4 aliphatic heterocycles. The highest BCUT2D eigenvalue weighted by atomic mass is 16.6. The average molecular weight is 470 g/mol. The van der Waals surface area contributed by atoms with Crippen LogP contribution in [0.2, 0.25) is 0 Å². The Kier molecular flexibility index (Phi) is 4.40. The summed E-state index contributed by atoms with van der Waals surface area (Å²) in [6, 6.07) is 0.719. The van der Waals surface area contributed by atoms with Crippen molar-refractivity contribution >= 4 is 5.97 Å². The van der Waals surface area contributed by atoms with Crippen molar-refractivity contribution in [3.8, 4) is 0 Å². The first kappa shape index (κ1) is 22.6. The molecular weight excluding hydrogens is 422 g/mol. The van der Waals surface area contributed by atoms with Gasteiger partial charge in [0.05, 0.1) is 11.5 Å². The van der Waals surface area contributed by atoms with Crippen molar-refractivity contribution in [2.24, 2.45) is 45.8 Å². The minimum Gasteiger partial charge on any atom is -0.459 e. The lowest BCUT2D eigenvalue weighted by atomic mass is 9.41. The Morgan fingerprint density at radius 3 is 2.62 bits per heavy atom. The normalized spacial score (nSPS) is 61.1. The first-order valence-electron chi connectivity index (χ1n) is 14.7. The molecule has 4 nitrogen and oxygen atoms in total. The van der Waals surface area contributed by atoms with Gasteiger partial charge in [0.1, 0.15) is 5.60 Å². The number of hydrogen-bond donors (Lipinski definition) is 1. The number of rotatable bonds is 4. The van der Waals surface area contributed by atoms with E-state index in [1.807, 2.05) is 6.92 Å². The molecule has 0 aromatic heterocycles. The highest BCUT2D eigenvalue weighted by molar-refractivity contribution is 5.81. The van der Waals surface area contributed by atoms with Crippen LogP contribution in [0.25, 0.3) is 0 Å². The number of aliphatic hydroxyl groups is 1. The lowest BCUT2D eigenvalue weighted by Gasteiger charge is -2.67. The SMILES string of the molecule is CC(C)[C@H]1CC[C@@]2(C)[C@@H]3CC[C@]45CCC[C@H]4[C@@]2(CC[C@@H]2[C@]4(C)C(=O)O[C@]2(C)CC[C@@H]4O)[C@@H]1N5C3. The third kappa shape index (κ3) is 2.22. The molecule has 4 saturated heterocycles. The van der Waals surface area contributed by atoms with Crippen molar-refractivity contribution in [3.05, 3.63) is 0 Å². The van der Waals surface area contributed by atoms with Crippen molar-refractivity contribution in [1.82, 2.24) is 4.90 Å². The molecule has 34 heavy (non-hydrogen) atoms. The summed E-state index contributed by atoms with van der Waals surface area (Å²) in [5.74, 6) is 3.20. The molecule has 7 aliphatic rings. The lowest BCUT2D eigenvalue weighted by Crippen LogP contribution is -2.68. The zero-order valence-corrected chi connectivity index (χ0v) is 22.2. The van der Waals surface area contributed by atoms with Gasteiger partial charge in [-0.15, -0.1) is 0 Å². The Labute approximate surface area is 206 Å². The third-order valence-electron chi connectivity index (χ3n) is 14.1. The summed E-state index contributed by atoms with van der Waals surface area (Å²) in [7, 11) is 0. The number of esters is 1. The standard InChI is InChI=1S/C30H47NO3/c1-18(2)20-9-13-26(3)19-8-15-29-12-6-7-22(29)30(26,24(20)31(29)17-19)16-10-21-27(4)14-11-23(32)28(21,5)25(33)34-27/h18-24,32H,6-17H2,1-5H3/t19-,20-,21+,22-,23+,24-,26+,27-,28+,29-,30+/m1/s1. The van der Waals surface area contributed by atoms with Gasteiger partial charge in [-0.25, -0.2) is 0 Å². The number of piperidine rings is 2. The zero-order chi connectivity index (χ0) is 23.9. The van der Waals surface area contributed by atoms with Crippen LogP contribution in [0.1, 0.15) is 105 Å². The van der Waals surface area contributed by atoms with Gasteiger partial charge in [0, 0.05) is 24.0 Å². The van der Waals surface area contributed by atoms with E-state index >= 15 is 0 Å². The minimum absolute atomic E-state index is 0.136. The summed E-state index contributed by atoms with van der Waals surface area (Å²) < 4.78 is 6.08. The number of ether oxygens (including phenoxy) is 1. The minimum atomic E-state index is -0.726. The molecule has 1 N–H and O–H groups in total. The number of hydrogen-bond acceptors (Lipinski definition) is 4. The van der Waals surface area contributed by atoms with Crippen LogP contribution in [0.4, 0.5) is 0 Å². The summed E-state index contributed by atoms with van der Waals surface area (Å²) in [5.41, 5.74) is 0.131. The number of fused-ring (bicyclic) bond motifs is 4. The predicted octanol–water partition coefficient (Wildman–Crippen LogP) is 5.56. The molecule has 7 fully saturated rings. The molecular formula is C30H47NO3. The van der Waals surface area contributed by atoms with E-state index in [1.165, 1.54) is 57.9 Å². The van der Waals surface area contributed by atoms with Crippen molar-refractivity contribution in [1.29, 1.82) is 0 Å². The molecule has 1 unspecified atom stereocenters. The Morgan fingerprint density at radius 2 is 1.85 bits per heavy atom. The van der Waals surface area contributed by atoms with Gasteiger partial charge >= 0.3 is 5.97 Å². The Morgan fingerprint density at radius 1 is 1.06 bits per heavy atom. The Balaban J connectivity index is 1.34. The van der Waals surface area contributed by atoms with Crippen LogP contribution in [0.3, 0.4) is 0 Å². The summed E-state index contributed by atoms with van der Waals surface area (Å²) in [6.07, 6.45) is 13.1. The Bertz CT molecular complexity index is 919. The van der Waals surface area contributed by atoms with E-state index < -0.39 is 17.1 Å². The highest BCUT2D eigenvalue weighted by Crippen LogP contribution is 2.79. The molecule has 190 valence electrons. The van der Waals surface area contributed by atoms with Crippen LogP contribution in [-0.2, 0) is 9.53 Å². The second-order valence-electron chi connectivity index (χ2n) is 14.9. The largest absolute Gasteiger partial charge is 0.459 e. The maximum Gasteiger partial charge on any atom is 0.315 e. The fourth-order valence-electron chi connectivity index (χ4n) is 12.5. The Hall–Kier alpha value is -0.610. The summed E-state index contributed by atoms with van der Waals surface area (Å²) in [6.45, 7) is 13.2. The molecule has 7 bridgehead atoms. The smallest absolute Gasteiger partial charge is 0.315 e. The second kappa shape index (κ2) is 6.63. The fraction of sp³-hybridized carbons (Fsp3) is 0.967. The molecule has 4 heterocycles. The molecule has 0 radical (unpaired) electrons. The van der Waals surface area contributed by atoms with Crippen LogP contribution in [-0.4, -0.2) is 45.8 Å². The van der Waals surface area contributed by atoms with E-state index in [0.717, 1.165) is 42.6 Å². The average Bonchev–Trinajstić information content (AvgIpc) is 3.31. The van der Waals surface area contributed by atoms with Gasteiger partial charge in [0.2, 0.25) is 0 Å². The topological polar surface area (TPSA) is 49.8 Å². The summed E-state index contributed by atoms with van der Waals surface area (Å²) >= 11 is 0. The molecule has 0 aromatic carbocycles. The third-order valence-corrected chi connectivity index (χ3v) is 14.1. The molecule has 3 saturated carbocycles. The fourth-order valence-corrected chi connectivity index (χ4v) is 12.5. The van der Waals surface area contributed by atoms with Gasteiger partial charge in [-0.3, -0.25) is 9.69 Å². The van der Waals surface area contributed by atoms with E-state index in [4.69, 9.17) is 4.74 Å². The number of nitrogens with zero attached hydrogens (tertiary/aromatic N) is 1. The van der Waals surface area contributed by atoms with Crippen molar-refractivity contribution < 1.29 is 14.6 Å². The van der Waals surface area contributed by atoms with Gasteiger partial charge in [-0.05, 0) is 113 Å². The summed E-state index contributed by atoms with van der Waals surface area (Å²) in [5, 5.41) is 11.0. The monoisotopic (exact) mass is 469 g/mol. The first-order chi connectivity index (χ1) is 16.0. The zero-order valence-electron chi connectivity index (χ0n) is 22.2. The number of carbonyl (C=O) groups excluding carboxylic acids is 1. The summed E-state index contributed by atoms with van der Waals surface area (Å²) in [4.78, 5) is 16.2. The van der Waals surface area contributed by atoms with Crippen LogP contribution < -0.4 is 0 Å². The van der Waals surface area contributed by atoms with Crippen LogP contribution in [0, 0.1) is 45.8 Å². The van der Waals surface area contributed by atoms with Crippen molar-refractivity contribution in [2.45, 2.75) is 129 Å². The van der Waals surface area contributed by atoms with Gasteiger partial charge < -0.3 is 9.84 Å². The van der Waals surface area contributed by atoms with Crippen molar-refractivity contribution in [2.75, 3.05) is 6.54 Å². The van der Waals surface area contributed by atoms with E-state index in [9.17, 15) is 9.90 Å². The van der Waals surface area contributed by atoms with Gasteiger partial charge in [-0.1, -0.05) is 27.2 Å². The first-order valence-corrected chi connectivity index (χ1v) is 14.7. The number of aliphatic hydroxyl groups excluding tert-OH is 1. The van der Waals surface area contributed by atoms with Crippen LogP contribution in [0.15, 0.2) is 0 Å². The quantitative estimate of drug-likeness (QED) is 0.547. The van der Waals surface area contributed by atoms with Gasteiger partial charge in [0.15, 0.2) is 0 Å². The van der Waals surface area contributed by atoms with E-state index in [1.54, 1.807) is 0 Å². The van der Waals surface area contributed by atoms with Gasteiger partial charge in [0.25, 0.3) is 0 Å². The van der Waals surface area contributed by atoms with Crippen molar-refractivity contribution in [3.63, 3.8) is 0 Å². The molecule has 4 heteroatoms. The molecule has 12 atom stereocenters. The molecule has 3 aliphatic carbocycles. The van der Waals surface area contributed by atoms with E-state index in [2.05, 4.69) is 32.6 Å².